The quantitative estimate of drug-likeness (QED) is 0.250. The van der Waals surface area contributed by atoms with Crippen LogP contribution in [-0.2, 0) is 29.2 Å². The summed E-state index contributed by atoms with van der Waals surface area (Å²) >= 11 is 6.13. The molecule has 0 aliphatic rings. The lowest BCUT2D eigenvalue weighted by Crippen LogP contribution is -2.41. The molecule has 1 heterocycles. The van der Waals surface area contributed by atoms with E-state index < -0.39 is 17.2 Å². The fourth-order valence-electron chi connectivity index (χ4n) is 4.35. The highest BCUT2D eigenvalue weighted by Gasteiger charge is 2.15. The van der Waals surface area contributed by atoms with E-state index in [4.69, 9.17) is 16.3 Å². The number of ether oxygens (including phenoxy) is 1. The number of carbonyl (C=O) groups is 2. The van der Waals surface area contributed by atoms with Crippen molar-refractivity contribution in [3.05, 3.63) is 104 Å². The minimum atomic E-state index is -0.575. The van der Waals surface area contributed by atoms with E-state index in [1.54, 1.807) is 54.6 Å². The Labute approximate surface area is 236 Å². The van der Waals surface area contributed by atoms with Gasteiger partial charge in [-0.1, -0.05) is 41.9 Å². The molecule has 0 unspecified atom stereocenters. The number of benzene rings is 3. The van der Waals surface area contributed by atoms with Crippen molar-refractivity contribution >= 4 is 40.0 Å². The van der Waals surface area contributed by atoms with E-state index in [2.05, 4.69) is 10.6 Å². The largest absolute Gasteiger partial charge is 0.494 e. The van der Waals surface area contributed by atoms with E-state index in [9.17, 15) is 19.2 Å². The van der Waals surface area contributed by atoms with Crippen molar-refractivity contribution in [2.75, 3.05) is 11.9 Å². The van der Waals surface area contributed by atoms with E-state index in [0.29, 0.717) is 53.4 Å². The van der Waals surface area contributed by atoms with Crippen molar-refractivity contribution < 1.29 is 14.3 Å². The summed E-state index contributed by atoms with van der Waals surface area (Å²) in [6.07, 6.45) is 1.15. The van der Waals surface area contributed by atoms with Gasteiger partial charge < -0.3 is 15.4 Å². The van der Waals surface area contributed by atoms with Crippen LogP contribution < -0.4 is 26.6 Å². The van der Waals surface area contributed by atoms with Crippen LogP contribution in [0, 0.1) is 0 Å². The number of amides is 2. The van der Waals surface area contributed by atoms with Crippen LogP contribution in [-0.4, -0.2) is 27.6 Å². The number of nitrogens with zero attached hydrogens (tertiary/aromatic N) is 2. The number of halogens is 1. The molecule has 0 saturated carbocycles. The molecule has 0 aliphatic heterocycles. The lowest BCUT2D eigenvalue weighted by Gasteiger charge is -2.14. The van der Waals surface area contributed by atoms with Crippen LogP contribution in [0.25, 0.3) is 10.9 Å². The minimum absolute atomic E-state index is 0.126. The Morgan fingerprint density at radius 3 is 2.35 bits per heavy atom. The van der Waals surface area contributed by atoms with Crippen LogP contribution in [0.3, 0.4) is 0 Å². The van der Waals surface area contributed by atoms with Crippen molar-refractivity contribution in [3.8, 4) is 5.75 Å². The van der Waals surface area contributed by atoms with Gasteiger partial charge in [-0.05, 0) is 67.8 Å². The Hall–Kier alpha value is -4.37. The van der Waals surface area contributed by atoms with Gasteiger partial charge in [0.15, 0.2) is 0 Å². The molecule has 0 fully saturated rings. The molecule has 0 aliphatic carbocycles. The summed E-state index contributed by atoms with van der Waals surface area (Å²) in [5.74, 6) is 0.138. The van der Waals surface area contributed by atoms with Crippen LogP contribution in [0.1, 0.15) is 31.7 Å². The van der Waals surface area contributed by atoms with Gasteiger partial charge >= 0.3 is 5.69 Å². The molecule has 0 saturated heterocycles. The molecule has 4 rings (SSSR count). The van der Waals surface area contributed by atoms with Gasteiger partial charge in [0.05, 0.1) is 17.5 Å². The van der Waals surface area contributed by atoms with Crippen molar-refractivity contribution in [2.24, 2.45) is 0 Å². The average molecular weight is 563 g/mol. The van der Waals surface area contributed by atoms with Crippen molar-refractivity contribution in [1.29, 1.82) is 0 Å². The van der Waals surface area contributed by atoms with Gasteiger partial charge in [0, 0.05) is 30.2 Å². The molecule has 10 heteroatoms. The molecular formula is C30H31ClN4O5. The SMILES string of the molecule is CCOc1ccc(NC(=O)Cn2c(=O)n(CCCCC(=O)NCc3ccccc3Cl)c(=O)c3ccccc32)cc1. The second-order valence-electron chi connectivity index (χ2n) is 9.17. The monoisotopic (exact) mass is 562 g/mol. The van der Waals surface area contributed by atoms with Gasteiger partial charge in [-0.15, -0.1) is 0 Å². The van der Waals surface area contributed by atoms with Gasteiger partial charge in [-0.2, -0.15) is 0 Å². The highest BCUT2D eigenvalue weighted by atomic mass is 35.5. The first kappa shape index (κ1) is 28.6. The van der Waals surface area contributed by atoms with Crippen LogP contribution in [0.2, 0.25) is 5.02 Å². The summed E-state index contributed by atoms with van der Waals surface area (Å²) in [6, 6.07) is 20.9. The second kappa shape index (κ2) is 13.6. The Morgan fingerprint density at radius 1 is 0.875 bits per heavy atom. The lowest BCUT2D eigenvalue weighted by atomic mass is 10.2. The van der Waals surface area contributed by atoms with Crippen LogP contribution in [0.4, 0.5) is 5.69 Å². The topological polar surface area (TPSA) is 111 Å². The zero-order valence-electron chi connectivity index (χ0n) is 22.2. The Bertz CT molecular complexity index is 1610. The lowest BCUT2D eigenvalue weighted by molar-refractivity contribution is -0.121. The van der Waals surface area contributed by atoms with Crippen LogP contribution in [0.5, 0.6) is 5.75 Å². The number of aromatic nitrogens is 2. The van der Waals surface area contributed by atoms with E-state index >= 15 is 0 Å². The first-order valence-corrected chi connectivity index (χ1v) is 13.5. The van der Waals surface area contributed by atoms with E-state index in [1.807, 2.05) is 25.1 Å². The standard InChI is InChI=1S/C30H31ClN4O5/c1-2-40-23-16-14-22(15-17-23)33-28(37)20-35-26-12-6-4-10-24(26)29(38)34(30(35)39)18-8-7-13-27(36)32-19-21-9-3-5-11-25(21)31/h3-6,9-12,14-17H,2,7-8,13,18-20H2,1H3,(H,32,36)(H,33,37). The molecule has 40 heavy (non-hydrogen) atoms. The van der Waals surface area contributed by atoms with Gasteiger partial charge in [0.2, 0.25) is 11.8 Å². The molecule has 2 amide bonds. The number of fused-ring (bicyclic) bond motifs is 1. The number of carbonyl (C=O) groups excluding carboxylic acids is 2. The molecule has 3 aromatic carbocycles. The van der Waals surface area contributed by atoms with Crippen LogP contribution >= 0.6 is 11.6 Å². The molecule has 1 aromatic heterocycles. The molecule has 0 atom stereocenters. The second-order valence-corrected chi connectivity index (χ2v) is 9.58. The van der Waals surface area contributed by atoms with Gasteiger partial charge in [0.1, 0.15) is 12.3 Å². The van der Waals surface area contributed by atoms with Gasteiger partial charge in [0.25, 0.3) is 5.56 Å². The molecular weight excluding hydrogens is 532 g/mol. The van der Waals surface area contributed by atoms with Crippen molar-refractivity contribution in [2.45, 2.75) is 45.8 Å². The molecule has 0 radical (unpaired) electrons. The fraction of sp³-hybridized carbons (Fsp3) is 0.267. The summed E-state index contributed by atoms with van der Waals surface area (Å²) in [6.45, 7) is 2.61. The maximum Gasteiger partial charge on any atom is 0.331 e. The predicted molar refractivity (Wildman–Crippen MR) is 156 cm³/mol. The molecule has 0 bridgehead atoms. The normalized spacial score (nSPS) is 10.8. The maximum atomic E-state index is 13.4. The predicted octanol–water partition coefficient (Wildman–Crippen LogP) is 4.34. The Kier molecular flexibility index (Phi) is 9.75. The van der Waals surface area contributed by atoms with Gasteiger partial charge in [-0.3, -0.25) is 23.5 Å². The van der Waals surface area contributed by atoms with Crippen molar-refractivity contribution in [1.82, 2.24) is 14.5 Å². The third-order valence-corrected chi connectivity index (χ3v) is 6.72. The first-order chi connectivity index (χ1) is 19.4. The molecule has 0 spiro atoms. The smallest absolute Gasteiger partial charge is 0.331 e. The zero-order valence-corrected chi connectivity index (χ0v) is 22.9. The number of anilines is 1. The summed E-state index contributed by atoms with van der Waals surface area (Å²) in [4.78, 5) is 51.6. The highest BCUT2D eigenvalue weighted by molar-refractivity contribution is 6.31. The van der Waals surface area contributed by atoms with E-state index in [0.717, 1.165) is 10.1 Å². The number of rotatable bonds is 12. The Balaban J connectivity index is 1.41. The number of hydrogen-bond donors (Lipinski definition) is 2. The molecule has 9 nitrogen and oxygen atoms in total. The Morgan fingerprint density at radius 2 is 1.60 bits per heavy atom. The minimum Gasteiger partial charge on any atom is -0.494 e. The van der Waals surface area contributed by atoms with E-state index in [1.165, 1.54) is 4.57 Å². The summed E-state index contributed by atoms with van der Waals surface area (Å²) < 4.78 is 7.86. The summed E-state index contributed by atoms with van der Waals surface area (Å²) in [5.41, 5.74) is 0.773. The van der Waals surface area contributed by atoms with Crippen LogP contribution in [0.15, 0.2) is 82.4 Å². The van der Waals surface area contributed by atoms with E-state index in [-0.39, 0.29) is 25.4 Å². The third kappa shape index (κ3) is 7.18. The fourth-order valence-corrected chi connectivity index (χ4v) is 4.55. The number of hydrogen-bond acceptors (Lipinski definition) is 5. The first-order valence-electron chi connectivity index (χ1n) is 13.1. The summed E-state index contributed by atoms with van der Waals surface area (Å²) in [5, 5.41) is 6.55. The summed E-state index contributed by atoms with van der Waals surface area (Å²) in [7, 11) is 0. The third-order valence-electron chi connectivity index (χ3n) is 6.35. The molecule has 208 valence electrons. The highest BCUT2D eigenvalue weighted by Crippen LogP contribution is 2.16. The number of unbranched alkanes of at least 4 members (excludes halogenated alkanes) is 1. The molecule has 4 aromatic rings. The van der Waals surface area contributed by atoms with Crippen molar-refractivity contribution in [3.63, 3.8) is 0 Å². The maximum absolute atomic E-state index is 13.4. The number of nitrogens with one attached hydrogen (secondary N) is 2. The zero-order chi connectivity index (χ0) is 28.5. The van der Waals surface area contributed by atoms with Gasteiger partial charge in [-0.25, -0.2) is 4.79 Å². The number of para-hydroxylation sites is 1. The average Bonchev–Trinajstić information content (AvgIpc) is 2.95. The molecule has 2 N–H and O–H groups in total.